The summed E-state index contributed by atoms with van der Waals surface area (Å²) in [5, 5.41) is 2.29. The van der Waals surface area contributed by atoms with Crippen LogP contribution in [0.15, 0.2) is 42.5 Å². The SMILES string of the molecule is CC1CN(C(=O)Cc2cccc3ccccc23)CCC1=O. The lowest BCUT2D eigenvalue weighted by Gasteiger charge is -2.30. The maximum Gasteiger partial charge on any atom is 0.227 e. The van der Waals surface area contributed by atoms with Crippen LogP contribution in [0.3, 0.4) is 0 Å². The van der Waals surface area contributed by atoms with Crippen LogP contribution in [0.1, 0.15) is 18.9 Å². The Hall–Kier alpha value is -2.16. The number of benzene rings is 2. The molecular weight excluding hydrogens is 262 g/mol. The fourth-order valence-corrected chi connectivity index (χ4v) is 2.96. The predicted octanol–water partition coefficient (Wildman–Crippen LogP) is 2.82. The lowest BCUT2D eigenvalue weighted by Crippen LogP contribution is -2.43. The number of likely N-dealkylation sites (tertiary alicyclic amines) is 1. The minimum Gasteiger partial charge on any atom is -0.341 e. The maximum atomic E-state index is 12.5. The van der Waals surface area contributed by atoms with Crippen LogP contribution in [-0.4, -0.2) is 29.7 Å². The number of fused-ring (bicyclic) bond motifs is 1. The molecule has 0 aliphatic carbocycles. The summed E-state index contributed by atoms with van der Waals surface area (Å²) >= 11 is 0. The van der Waals surface area contributed by atoms with Crippen molar-refractivity contribution in [3.63, 3.8) is 0 Å². The van der Waals surface area contributed by atoms with E-state index in [1.807, 2.05) is 36.1 Å². The quantitative estimate of drug-likeness (QED) is 0.849. The molecular formula is C18H19NO2. The summed E-state index contributed by atoms with van der Waals surface area (Å²) in [6.07, 6.45) is 0.894. The van der Waals surface area contributed by atoms with Gasteiger partial charge in [0.1, 0.15) is 5.78 Å². The van der Waals surface area contributed by atoms with Gasteiger partial charge in [0.15, 0.2) is 0 Å². The molecule has 0 N–H and O–H groups in total. The van der Waals surface area contributed by atoms with Gasteiger partial charge < -0.3 is 4.90 Å². The monoisotopic (exact) mass is 281 g/mol. The summed E-state index contributed by atoms with van der Waals surface area (Å²) in [5.74, 6) is 0.352. The zero-order valence-electron chi connectivity index (χ0n) is 12.2. The number of hydrogen-bond donors (Lipinski definition) is 0. The van der Waals surface area contributed by atoms with E-state index < -0.39 is 0 Å². The van der Waals surface area contributed by atoms with Crippen LogP contribution in [0.4, 0.5) is 0 Å². The second kappa shape index (κ2) is 5.68. The lowest BCUT2D eigenvalue weighted by molar-refractivity contribution is -0.136. The highest BCUT2D eigenvalue weighted by molar-refractivity contribution is 5.91. The number of carbonyl (C=O) groups excluding carboxylic acids is 2. The van der Waals surface area contributed by atoms with E-state index in [0.717, 1.165) is 16.3 Å². The van der Waals surface area contributed by atoms with Crippen molar-refractivity contribution in [2.75, 3.05) is 13.1 Å². The molecule has 1 amide bonds. The van der Waals surface area contributed by atoms with E-state index in [4.69, 9.17) is 0 Å². The van der Waals surface area contributed by atoms with E-state index in [1.54, 1.807) is 0 Å². The van der Waals surface area contributed by atoms with E-state index in [1.165, 1.54) is 0 Å². The zero-order chi connectivity index (χ0) is 14.8. The first-order valence-electron chi connectivity index (χ1n) is 7.42. The molecule has 1 atom stereocenters. The van der Waals surface area contributed by atoms with E-state index in [9.17, 15) is 9.59 Å². The average molecular weight is 281 g/mol. The van der Waals surface area contributed by atoms with Gasteiger partial charge in [0.05, 0.1) is 6.42 Å². The number of hydrogen-bond acceptors (Lipinski definition) is 2. The molecule has 2 aromatic carbocycles. The number of ketones is 1. The van der Waals surface area contributed by atoms with Gasteiger partial charge in [-0.2, -0.15) is 0 Å². The standard InChI is InChI=1S/C18H19NO2/c1-13-12-19(10-9-17(13)20)18(21)11-15-7-4-6-14-5-2-3-8-16(14)15/h2-8,13H,9-12H2,1H3. The molecule has 108 valence electrons. The summed E-state index contributed by atoms with van der Waals surface area (Å²) in [7, 11) is 0. The normalized spacial score (nSPS) is 19.0. The molecule has 0 spiro atoms. The Morgan fingerprint density at radius 1 is 1.19 bits per heavy atom. The Morgan fingerprint density at radius 3 is 2.76 bits per heavy atom. The number of Topliss-reactive ketones (excluding diaryl/α,β-unsaturated/α-hetero) is 1. The first-order chi connectivity index (χ1) is 10.1. The predicted molar refractivity (Wildman–Crippen MR) is 83.0 cm³/mol. The van der Waals surface area contributed by atoms with Crippen molar-refractivity contribution in [3.05, 3.63) is 48.0 Å². The van der Waals surface area contributed by atoms with Crippen molar-refractivity contribution in [1.82, 2.24) is 4.90 Å². The second-order valence-electron chi connectivity index (χ2n) is 5.77. The average Bonchev–Trinajstić information content (AvgIpc) is 2.50. The van der Waals surface area contributed by atoms with Gasteiger partial charge in [-0.15, -0.1) is 0 Å². The summed E-state index contributed by atoms with van der Waals surface area (Å²) in [6.45, 7) is 3.02. The summed E-state index contributed by atoms with van der Waals surface area (Å²) < 4.78 is 0. The summed E-state index contributed by atoms with van der Waals surface area (Å²) in [5.41, 5.74) is 1.06. The highest BCUT2D eigenvalue weighted by Crippen LogP contribution is 2.20. The smallest absolute Gasteiger partial charge is 0.227 e. The largest absolute Gasteiger partial charge is 0.341 e. The fraction of sp³-hybridized carbons (Fsp3) is 0.333. The highest BCUT2D eigenvalue weighted by Gasteiger charge is 2.26. The van der Waals surface area contributed by atoms with Gasteiger partial charge in [-0.3, -0.25) is 9.59 Å². The van der Waals surface area contributed by atoms with Gasteiger partial charge in [-0.25, -0.2) is 0 Å². The molecule has 1 heterocycles. The molecule has 1 aliphatic heterocycles. The topological polar surface area (TPSA) is 37.4 Å². The van der Waals surface area contributed by atoms with Crippen molar-refractivity contribution in [3.8, 4) is 0 Å². The Morgan fingerprint density at radius 2 is 1.95 bits per heavy atom. The molecule has 3 nitrogen and oxygen atoms in total. The van der Waals surface area contributed by atoms with Crippen LogP contribution in [0.5, 0.6) is 0 Å². The molecule has 0 saturated carbocycles. The number of rotatable bonds is 2. The Kier molecular flexibility index (Phi) is 3.74. The minimum absolute atomic E-state index is 0.0322. The van der Waals surface area contributed by atoms with Crippen molar-refractivity contribution in [2.24, 2.45) is 5.92 Å². The van der Waals surface area contributed by atoms with Crippen molar-refractivity contribution in [2.45, 2.75) is 19.8 Å². The molecule has 0 aromatic heterocycles. The molecule has 21 heavy (non-hydrogen) atoms. The van der Waals surface area contributed by atoms with Crippen LogP contribution < -0.4 is 0 Å². The lowest BCUT2D eigenvalue weighted by atomic mass is 9.97. The first-order valence-corrected chi connectivity index (χ1v) is 7.42. The minimum atomic E-state index is -0.0322. The van der Waals surface area contributed by atoms with Gasteiger partial charge >= 0.3 is 0 Å². The Balaban J connectivity index is 1.79. The van der Waals surface area contributed by atoms with Crippen LogP contribution in [0.25, 0.3) is 10.8 Å². The number of amides is 1. The van der Waals surface area contributed by atoms with Crippen LogP contribution in [0.2, 0.25) is 0 Å². The van der Waals surface area contributed by atoms with Crippen LogP contribution >= 0.6 is 0 Å². The third-order valence-electron chi connectivity index (χ3n) is 4.25. The molecule has 1 fully saturated rings. The van der Waals surface area contributed by atoms with Gasteiger partial charge in [-0.05, 0) is 16.3 Å². The number of piperidine rings is 1. The van der Waals surface area contributed by atoms with Gasteiger partial charge in [0.25, 0.3) is 0 Å². The Bertz CT molecular complexity index is 687. The van der Waals surface area contributed by atoms with Crippen LogP contribution in [0, 0.1) is 5.92 Å². The first kappa shape index (κ1) is 13.8. The molecule has 1 unspecified atom stereocenters. The zero-order valence-corrected chi connectivity index (χ0v) is 12.2. The van der Waals surface area contributed by atoms with E-state index in [-0.39, 0.29) is 17.6 Å². The van der Waals surface area contributed by atoms with Crippen molar-refractivity contribution in [1.29, 1.82) is 0 Å². The molecule has 2 aromatic rings. The Labute approximate surface area is 124 Å². The van der Waals surface area contributed by atoms with Crippen molar-refractivity contribution < 1.29 is 9.59 Å². The van der Waals surface area contributed by atoms with Crippen LogP contribution in [-0.2, 0) is 16.0 Å². The maximum absolute atomic E-state index is 12.5. The third-order valence-corrected chi connectivity index (χ3v) is 4.25. The molecule has 0 radical (unpaired) electrons. The van der Waals surface area contributed by atoms with Crippen molar-refractivity contribution >= 4 is 22.5 Å². The summed E-state index contributed by atoms with van der Waals surface area (Å²) in [4.78, 5) is 25.9. The molecule has 1 aliphatic rings. The molecule has 3 rings (SSSR count). The van der Waals surface area contributed by atoms with E-state index >= 15 is 0 Å². The van der Waals surface area contributed by atoms with Gasteiger partial charge in [0.2, 0.25) is 5.91 Å². The highest BCUT2D eigenvalue weighted by atomic mass is 16.2. The number of nitrogens with zero attached hydrogens (tertiary/aromatic N) is 1. The molecule has 3 heteroatoms. The van der Waals surface area contributed by atoms with Gasteiger partial charge in [-0.1, -0.05) is 49.4 Å². The third kappa shape index (κ3) is 2.82. The fourth-order valence-electron chi connectivity index (χ4n) is 2.96. The molecule has 1 saturated heterocycles. The van der Waals surface area contributed by atoms with Gasteiger partial charge in [0, 0.05) is 25.4 Å². The van der Waals surface area contributed by atoms with E-state index in [2.05, 4.69) is 18.2 Å². The summed E-state index contributed by atoms with van der Waals surface area (Å²) in [6, 6.07) is 14.2. The van der Waals surface area contributed by atoms with E-state index in [0.29, 0.717) is 25.9 Å². The second-order valence-corrected chi connectivity index (χ2v) is 5.77. The number of carbonyl (C=O) groups is 2. The molecule has 0 bridgehead atoms.